The van der Waals surface area contributed by atoms with Crippen LogP contribution in [0.5, 0.6) is 0 Å². The molecule has 5 heteroatoms. The van der Waals surface area contributed by atoms with E-state index in [0.717, 1.165) is 28.9 Å². The average molecular weight is 422 g/mol. The zero-order chi connectivity index (χ0) is 21.8. The minimum Gasteiger partial charge on any atom is -0.472 e. The highest BCUT2D eigenvalue weighted by Gasteiger charge is 2.01. The quantitative estimate of drug-likeness (QED) is 0.339. The second-order valence-electron chi connectivity index (χ2n) is 6.87. The molecule has 0 saturated carbocycles. The van der Waals surface area contributed by atoms with Crippen LogP contribution in [0.25, 0.3) is 28.1 Å². The Hall–Kier alpha value is -4.38. The Kier molecular flexibility index (Phi) is 7.26. The highest BCUT2D eigenvalue weighted by Crippen LogP contribution is 2.20. The number of hydrogen-bond acceptors (Lipinski definition) is 4. The van der Waals surface area contributed by atoms with Gasteiger partial charge < -0.3 is 13.8 Å². The molecule has 6 rings (SSSR count). The Bertz CT molecular complexity index is 1140. The summed E-state index contributed by atoms with van der Waals surface area (Å²) >= 11 is 0. The van der Waals surface area contributed by atoms with Gasteiger partial charge in [0.05, 0.1) is 18.2 Å². The van der Waals surface area contributed by atoms with Crippen LogP contribution >= 0.6 is 0 Å². The largest absolute Gasteiger partial charge is 0.472 e. The van der Waals surface area contributed by atoms with Crippen molar-refractivity contribution in [1.82, 2.24) is 15.0 Å². The van der Waals surface area contributed by atoms with E-state index in [0.29, 0.717) is 0 Å². The van der Waals surface area contributed by atoms with Crippen LogP contribution < -0.4 is 0 Å². The normalized spacial score (nSPS) is 11.7. The number of oxazole rings is 1. The molecule has 0 amide bonds. The molecule has 158 valence electrons. The summed E-state index contributed by atoms with van der Waals surface area (Å²) in [6.45, 7) is 0. The third-order valence-electron chi connectivity index (χ3n) is 4.70. The molecule has 1 aliphatic carbocycles. The number of benzene rings is 1. The first-order valence-corrected chi connectivity index (χ1v) is 10.3. The summed E-state index contributed by atoms with van der Waals surface area (Å²) in [5, 5.41) is 0. The lowest BCUT2D eigenvalue weighted by atomic mass is 10.1. The Labute approximate surface area is 186 Å². The van der Waals surface area contributed by atoms with Crippen molar-refractivity contribution in [2.45, 2.75) is 6.42 Å². The number of H-pyrrole nitrogens is 1. The van der Waals surface area contributed by atoms with Crippen LogP contribution in [0, 0.1) is 0 Å². The molecule has 0 spiro atoms. The number of nitrogens with zero attached hydrogens (tertiary/aromatic N) is 2. The molecule has 5 aromatic rings. The van der Waals surface area contributed by atoms with Gasteiger partial charge in [0, 0.05) is 29.2 Å². The topological polar surface area (TPSA) is 67.8 Å². The summed E-state index contributed by atoms with van der Waals surface area (Å²) < 4.78 is 9.64. The molecule has 1 aliphatic rings. The maximum atomic E-state index is 4.86. The van der Waals surface area contributed by atoms with Gasteiger partial charge in [-0.1, -0.05) is 54.6 Å². The first kappa shape index (κ1) is 20.9. The maximum absolute atomic E-state index is 4.86. The van der Waals surface area contributed by atoms with E-state index in [1.165, 1.54) is 17.7 Å². The fraction of sp³-hybridized carbons (Fsp3) is 0.0370. The van der Waals surface area contributed by atoms with E-state index in [1.54, 1.807) is 18.8 Å². The SMILES string of the molecule is C1=CCC(c2ccc[nH]2)=C1.c1cc(-c2cocn2)co1.c1ccc(-c2ccccn2)cc1. The molecular weight excluding hydrogens is 398 g/mol. The van der Waals surface area contributed by atoms with E-state index >= 15 is 0 Å². The molecule has 0 fully saturated rings. The van der Waals surface area contributed by atoms with Gasteiger partial charge in [0.2, 0.25) is 0 Å². The van der Waals surface area contributed by atoms with Crippen LogP contribution in [0.3, 0.4) is 0 Å². The second-order valence-corrected chi connectivity index (χ2v) is 6.87. The van der Waals surface area contributed by atoms with Gasteiger partial charge in [-0.05, 0) is 42.3 Å². The third-order valence-corrected chi connectivity index (χ3v) is 4.70. The first-order chi connectivity index (χ1) is 15.9. The van der Waals surface area contributed by atoms with Crippen molar-refractivity contribution in [3.63, 3.8) is 0 Å². The maximum Gasteiger partial charge on any atom is 0.181 e. The lowest BCUT2D eigenvalue weighted by Gasteiger charge is -1.97. The molecule has 32 heavy (non-hydrogen) atoms. The van der Waals surface area contributed by atoms with Gasteiger partial charge in [-0.2, -0.15) is 0 Å². The molecule has 5 nitrogen and oxygen atoms in total. The van der Waals surface area contributed by atoms with Gasteiger partial charge in [-0.25, -0.2) is 4.98 Å². The summed E-state index contributed by atoms with van der Waals surface area (Å²) in [6.07, 6.45) is 17.4. The van der Waals surface area contributed by atoms with Crippen LogP contribution in [-0.2, 0) is 0 Å². The van der Waals surface area contributed by atoms with Gasteiger partial charge in [-0.3, -0.25) is 4.98 Å². The van der Waals surface area contributed by atoms with Crippen LogP contribution in [0.15, 0.2) is 131 Å². The predicted molar refractivity (Wildman–Crippen MR) is 126 cm³/mol. The fourth-order valence-electron chi connectivity index (χ4n) is 3.08. The van der Waals surface area contributed by atoms with E-state index in [4.69, 9.17) is 8.83 Å². The van der Waals surface area contributed by atoms with Gasteiger partial charge >= 0.3 is 0 Å². The molecule has 0 radical (unpaired) electrons. The zero-order valence-corrected chi connectivity index (χ0v) is 17.5. The van der Waals surface area contributed by atoms with E-state index in [9.17, 15) is 0 Å². The van der Waals surface area contributed by atoms with Crippen molar-refractivity contribution < 1.29 is 8.83 Å². The van der Waals surface area contributed by atoms with Crippen molar-refractivity contribution in [3.8, 4) is 22.5 Å². The Morgan fingerprint density at radius 2 is 1.66 bits per heavy atom. The lowest BCUT2D eigenvalue weighted by Crippen LogP contribution is -1.79. The number of rotatable bonds is 3. The standard InChI is InChI=1S/C11H9N.C9H9N.C7H5NO2/c1-2-6-10(7-3-1)11-8-4-5-9-12-11;1-2-5-8(4-1)9-6-3-7-10-9;1-2-9-3-6(1)7-4-10-5-8-7/h1-9H;1-4,6-7,10H,5H2;1-5H. The Morgan fingerprint density at radius 3 is 2.28 bits per heavy atom. The minimum atomic E-state index is 0.800. The van der Waals surface area contributed by atoms with E-state index < -0.39 is 0 Å². The molecule has 0 aliphatic heterocycles. The van der Waals surface area contributed by atoms with Crippen LogP contribution in [0.2, 0.25) is 0 Å². The molecule has 0 atom stereocenters. The number of furan rings is 1. The van der Waals surface area contributed by atoms with Crippen LogP contribution in [0.4, 0.5) is 0 Å². The zero-order valence-electron chi connectivity index (χ0n) is 17.5. The van der Waals surface area contributed by atoms with Crippen LogP contribution in [-0.4, -0.2) is 15.0 Å². The molecule has 1 N–H and O–H groups in total. The predicted octanol–water partition coefficient (Wildman–Crippen LogP) is 7.04. The summed E-state index contributed by atoms with van der Waals surface area (Å²) in [5.74, 6) is 0. The number of aromatic amines is 1. The summed E-state index contributed by atoms with van der Waals surface area (Å²) in [6, 6.07) is 22.0. The molecule has 4 aromatic heterocycles. The molecule has 1 aromatic carbocycles. The summed E-state index contributed by atoms with van der Waals surface area (Å²) in [5.41, 5.74) is 6.55. The van der Waals surface area contributed by atoms with Gasteiger partial charge in [0.15, 0.2) is 6.39 Å². The van der Waals surface area contributed by atoms with E-state index in [2.05, 4.69) is 51.4 Å². The van der Waals surface area contributed by atoms with Crippen molar-refractivity contribution >= 4 is 5.57 Å². The average Bonchev–Trinajstić information content (AvgIpc) is 3.69. The van der Waals surface area contributed by atoms with Gasteiger partial charge in [-0.15, -0.1) is 0 Å². The number of aromatic nitrogens is 3. The third kappa shape index (κ3) is 5.83. The van der Waals surface area contributed by atoms with Gasteiger partial charge in [0.25, 0.3) is 0 Å². The number of hydrogen-bond donors (Lipinski definition) is 1. The molecular formula is C27H23N3O2. The second kappa shape index (κ2) is 11.1. The molecule has 0 unspecified atom stereocenters. The molecule has 0 saturated heterocycles. The minimum absolute atomic E-state index is 0.800. The fourth-order valence-corrected chi connectivity index (χ4v) is 3.08. The number of allylic oxidation sites excluding steroid dienone is 4. The number of nitrogens with one attached hydrogen (secondary N) is 1. The summed E-state index contributed by atoms with van der Waals surface area (Å²) in [7, 11) is 0. The smallest absolute Gasteiger partial charge is 0.181 e. The monoisotopic (exact) mass is 421 g/mol. The molecule has 4 heterocycles. The van der Waals surface area contributed by atoms with Crippen LogP contribution in [0.1, 0.15) is 12.1 Å². The van der Waals surface area contributed by atoms with Crippen molar-refractivity contribution in [3.05, 3.63) is 128 Å². The van der Waals surface area contributed by atoms with E-state index in [-0.39, 0.29) is 0 Å². The van der Waals surface area contributed by atoms with Gasteiger partial charge in [0.1, 0.15) is 12.0 Å². The van der Waals surface area contributed by atoms with Crippen molar-refractivity contribution in [2.75, 3.05) is 0 Å². The Morgan fingerprint density at radius 1 is 0.750 bits per heavy atom. The highest BCUT2D eigenvalue weighted by molar-refractivity contribution is 5.68. The van der Waals surface area contributed by atoms with Crippen molar-refractivity contribution in [1.29, 1.82) is 0 Å². The first-order valence-electron chi connectivity index (χ1n) is 10.3. The lowest BCUT2D eigenvalue weighted by molar-refractivity contribution is 0.557. The Balaban J connectivity index is 0.000000115. The van der Waals surface area contributed by atoms with Crippen molar-refractivity contribution in [2.24, 2.45) is 0 Å². The summed E-state index contributed by atoms with van der Waals surface area (Å²) in [4.78, 5) is 11.4. The highest BCUT2D eigenvalue weighted by atomic mass is 16.3. The van der Waals surface area contributed by atoms with E-state index in [1.807, 2.05) is 60.9 Å². The molecule has 0 bridgehead atoms. The number of pyridine rings is 1.